The van der Waals surface area contributed by atoms with Crippen molar-refractivity contribution in [3.05, 3.63) is 76.7 Å². The first-order valence-corrected chi connectivity index (χ1v) is 10.6. The fourth-order valence-corrected chi connectivity index (χ4v) is 4.12. The standard InChI is InChI=1S/C24H22N6O3/c1-4-33-21(31)14-28-19-8-5-7-15(2)22(19)30(24(28)32)20-13-26-18(11-16(20)3)17-12-27-29-10-6-9-25-23(17)29/h5-13H,4,14H2,1-3H3. The van der Waals surface area contributed by atoms with E-state index >= 15 is 0 Å². The molecule has 9 heteroatoms. The predicted octanol–water partition coefficient (Wildman–Crippen LogP) is 3.08. The number of aryl methyl sites for hydroxylation is 2. The van der Waals surface area contributed by atoms with E-state index in [4.69, 9.17) is 4.74 Å². The second kappa shape index (κ2) is 8.01. The predicted molar refractivity (Wildman–Crippen MR) is 123 cm³/mol. The summed E-state index contributed by atoms with van der Waals surface area (Å²) in [4.78, 5) is 34.7. The van der Waals surface area contributed by atoms with Crippen molar-refractivity contribution < 1.29 is 9.53 Å². The number of hydrogen-bond acceptors (Lipinski definition) is 6. The number of nitrogens with zero attached hydrogens (tertiary/aromatic N) is 6. The van der Waals surface area contributed by atoms with Gasteiger partial charge in [-0.2, -0.15) is 5.10 Å². The fraction of sp³-hybridized carbons (Fsp3) is 0.208. The van der Waals surface area contributed by atoms with Crippen LogP contribution >= 0.6 is 0 Å². The van der Waals surface area contributed by atoms with Gasteiger partial charge in [0, 0.05) is 12.4 Å². The SMILES string of the molecule is CCOC(=O)Cn1c(=O)n(-c2cnc(-c3cnn4cccnc34)cc2C)c2c(C)cccc21. The molecule has 0 aliphatic carbocycles. The van der Waals surface area contributed by atoms with Crippen LogP contribution in [0.5, 0.6) is 0 Å². The van der Waals surface area contributed by atoms with Crippen molar-refractivity contribution in [2.45, 2.75) is 27.3 Å². The van der Waals surface area contributed by atoms with E-state index in [0.717, 1.165) is 22.2 Å². The van der Waals surface area contributed by atoms with Crippen molar-refractivity contribution in [3.8, 4) is 16.9 Å². The molecule has 166 valence electrons. The highest BCUT2D eigenvalue weighted by molar-refractivity contribution is 5.84. The molecular formula is C24H22N6O3. The first-order chi connectivity index (χ1) is 16.0. The number of hydrogen-bond donors (Lipinski definition) is 0. The molecule has 5 aromatic rings. The summed E-state index contributed by atoms with van der Waals surface area (Å²) in [5.41, 5.74) is 5.74. The Hall–Kier alpha value is -4.27. The smallest absolute Gasteiger partial charge is 0.334 e. The number of para-hydroxylation sites is 1. The molecule has 1 aromatic carbocycles. The average Bonchev–Trinajstić information content (AvgIpc) is 3.35. The summed E-state index contributed by atoms with van der Waals surface area (Å²) in [5.74, 6) is -0.453. The number of imidazole rings is 1. The van der Waals surface area contributed by atoms with E-state index in [1.54, 1.807) is 34.6 Å². The molecular weight excluding hydrogens is 420 g/mol. The third-order valence-corrected chi connectivity index (χ3v) is 5.62. The molecule has 0 spiro atoms. The highest BCUT2D eigenvalue weighted by Crippen LogP contribution is 2.27. The normalized spacial score (nSPS) is 11.4. The van der Waals surface area contributed by atoms with Gasteiger partial charge in [0.2, 0.25) is 0 Å². The van der Waals surface area contributed by atoms with Gasteiger partial charge in [0.25, 0.3) is 0 Å². The van der Waals surface area contributed by atoms with Gasteiger partial charge in [-0.3, -0.25) is 18.9 Å². The zero-order chi connectivity index (χ0) is 23.1. The van der Waals surface area contributed by atoms with Gasteiger partial charge in [-0.1, -0.05) is 12.1 Å². The molecule has 0 N–H and O–H groups in total. The first-order valence-electron chi connectivity index (χ1n) is 10.6. The molecule has 5 rings (SSSR count). The summed E-state index contributed by atoms with van der Waals surface area (Å²) in [6, 6.07) is 9.37. The topological polar surface area (TPSA) is 96.3 Å². The molecule has 0 aliphatic heterocycles. The van der Waals surface area contributed by atoms with Crippen LogP contribution in [0.25, 0.3) is 33.6 Å². The Kier molecular flexibility index (Phi) is 5.01. The maximum atomic E-state index is 13.5. The molecule has 33 heavy (non-hydrogen) atoms. The van der Waals surface area contributed by atoms with E-state index in [1.807, 2.05) is 50.4 Å². The Bertz CT molecular complexity index is 1580. The van der Waals surface area contributed by atoms with Crippen LogP contribution < -0.4 is 5.69 Å². The first kappa shape index (κ1) is 20.6. The molecule has 4 aromatic heterocycles. The number of carbonyl (C=O) groups excluding carboxylic acids is 1. The van der Waals surface area contributed by atoms with E-state index < -0.39 is 5.97 Å². The minimum absolute atomic E-state index is 0.155. The number of pyridine rings is 1. The second-order valence-corrected chi connectivity index (χ2v) is 7.75. The van der Waals surface area contributed by atoms with Crippen molar-refractivity contribution in [1.29, 1.82) is 0 Å². The van der Waals surface area contributed by atoms with Gasteiger partial charge in [-0.05, 0) is 50.1 Å². The second-order valence-electron chi connectivity index (χ2n) is 7.75. The van der Waals surface area contributed by atoms with Crippen LogP contribution in [0.4, 0.5) is 0 Å². The van der Waals surface area contributed by atoms with Gasteiger partial charge in [-0.15, -0.1) is 0 Å². The molecule has 0 amide bonds. The lowest BCUT2D eigenvalue weighted by Gasteiger charge is -2.10. The summed E-state index contributed by atoms with van der Waals surface area (Å²) in [6.07, 6.45) is 6.95. The number of carbonyl (C=O) groups is 1. The van der Waals surface area contributed by atoms with Crippen LogP contribution in [-0.2, 0) is 16.1 Å². The molecule has 0 radical (unpaired) electrons. The van der Waals surface area contributed by atoms with Crippen LogP contribution in [0.3, 0.4) is 0 Å². The summed E-state index contributed by atoms with van der Waals surface area (Å²) < 4.78 is 9.83. The van der Waals surface area contributed by atoms with Crippen LogP contribution in [0.1, 0.15) is 18.1 Å². The van der Waals surface area contributed by atoms with Crippen LogP contribution in [0.2, 0.25) is 0 Å². The van der Waals surface area contributed by atoms with Gasteiger partial charge in [0.15, 0.2) is 5.65 Å². The highest BCUT2D eigenvalue weighted by Gasteiger charge is 2.20. The minimum atomic E-state index is -0.453. The number of aromatic nitrogens is 6. The molecule has 0 fully saturated rings. The van der Waals surface area contributed by atoms with E-state index in [9.17, 15) is 9.59 Å². The van der Waals surface area contributed by atoms with Crippen LogP contribution in [0, 0.1) is 13.8 Å². The Balaban J connectivity index is 1.67. The largest absolute Gasteiger partial charge is 0.465 e. The van der Waals surface area contributed by atoms with E-state index in [0.29, 0.717) is 22.5 Å². The van der Waals surface area contributed by atoms with Gasteiger partial charge in [0.05, 0.1) is 47.0 Å². The van der Waals surface area contributed by atoms with Gasteiger partial charge < -0.3 is 4.74 Å². The van der Waals surface area contributed by atoms with Gasteiger partial charge >= 0.3 is 11.7 Å². The fourth-order valence-electron chi connectivity index (χ4n) is 4.12. The summed E-state index contributed by atoms with van der Waals surface area (Å²) in [5, 5.41) is 4.33. The molecule has 0 saturated heterocycles. The summed E-state index contributed by atoms with van der Waals surface area (Å²) in [6.45, 7) is 5.71. The van der Waals surface area contributed by atoms with E-state index in [-0.39, 0.29) is 18.8 Å². The molecule has 9 nitrogen and oxygen atoms in total. The Morgan fingerprint density at radius 3 is 2.73 bits per heavy atom. The maximum absolute atomic E-state index is 13.5. The third-order valence-electron chi connectivity index (χ3n) is 5.62. The lowest BCUT2D eigenvalue weighted by Crippen LogP contribution is -2.27. The Morgan fingerprint density at radius 1 is 1.09 bits per heavy atom. The Labute approximate surface area is 188 Å². The van der Waals surface area contributed by atoms with E-state index in [2.05, 4.69) is 15.1 Å². The molecule has 0 aliphatic rings. The number of rotatable bonds is 5. The zero-order valence-corrected chi connectivity index (χ0v) is 18.5. The van der Waals surface area contributed by atoms with Gasteiger partial charge in [0.1, 0.15) is 6.54 Å². The van der Waals surface area contributed by atoms with Crippen LogP contribution in [0.15, 0.2) is 59.9 Å². The molecule has 0 unspecified atom stereocenters. The number of fused-ring (bicyclic) bond motifs is 2. The Morgan fingerprint density at radius 2 is 1.94 bits per heavy atom. The van der Waals surface area contributed by atoms with E-state index in [1.165, 1.54) is 4.57 Å². The van der Waals surface area contributed by atoms with Crippen molar-refractivity contribution in [2.24, 2.45) is 0 Å². The van der Waals surface area contributed by atoms with Crippen molar-refractivity contribution in [3.63, 3.8) is 0 Å². The monoisotopic (exact) mass is 442 g/mol. The summed E-state index contributed by atoms with van der Waals surface area (Å²) >= 11 is 0. The lowest BCUT2D eigenvalue weighted by molar-refractivity contribution is -0.143. The molecule has 0 bridgehead atoms. The zero-order valence-electron chi connectivity index (χ0n) is 18.5. The third kappa shape index (κ3) is 3.38. The van der Waals surface area contributed by atoms with Crippen molar-refractivity contribution in [2.75, 3.05) is 6.61 Å². The minimum Gasteiger partial charge on any atom is -0.465 e. The summed E-state index contributed by atoms with van der Waals surface area (Å²) in [7, 11) is 0. The van der Waals surface area contributed by atoms with Crippen LogP contribution in [-0.4, -0.2) is 41.3 Å². The highest BCUT2D eigenvalue weighted by atomic mass is 16.5. The maximum Gasteiger partial charge on any atom is 0.334 e. The molecule has 0 saturated carbocycles. The average molecular weight is 442 g/mol. The number of benzene rings is 1. The molecule has 0 atom stereocenters. The molecule has 4 heterocycles. The van der Waals surface area contributed by atoms with Gasteiger partial charge in [-0.25, -0.2) is 14.3 Å². The number of ether oxygens (including phenoxy) is 1. The van der Waals surface area contributed by atoms with Crippen molar-refractivity contribution in [1.82, 2.24) is 28.7 Å². The number of esters is 1. The lowest BCUT2D eigenvalue weighted by atomic mass is 10.1. The quantitative estimate of drug-likeness (QED) is 0.388. The van der Waals surface area contributed by atoms with Crippen molar-refractivity contribution >= 4 is 22.6 Å².